The number of hydrogen-bond donors (Lipinski definition) is 2. The van der Waals surface area contributed by atoms with Gasteiger partial charge in [0.2, 0.25) is 5.60 Å². The topological polar surface area (TPSA) is 180 Å². The first-order valence-electron chi connectivity index (χ1n) is 18.9. The molecule has 2 aliphatic heterocycles. The number of aromatic nitrogens is 1. The van der Waals surface area contributed by atoms with Gasteiger partial charge < -0.3 is 24.8 Å². The highest BCUT2D eigenvalue weighted by molar-refractivity contribution is 8.00. The number of nitrogen functional groups attached to an aromatic ring is 1. The van der Waals surface area contributed by atoms with Gasteiger partial charge in [-0.05, 0) is 11.1 Å². The zero-order valence-corrected chi connectivity index (χ0v) is 34.8. The number of β-lactam (4-membered cyclic amide) rings is 1. The molecule has 0 bridgehead atoms. The fourth-order valence-corrected chi connectivity index (χ4v) is 9.55. The summed E-state index contributed by atoms with van der Waals surface area (Å²) in [5.74, 6) is -2.94. The first kappa shape index (κ1) is 41.0. The lowest BCUT2D eigenvalue weighted by Crippen LogP contribution is -2.71. The van der Waals surface area contributed by atoms with Crippen molar-refractivity contribution in [3.8, 4) is 0 Å². The van der Waals surface area contributed by atoms with Crippen LogP contribution in [0.5, 0.6) is 0 Å². The number of fused-ring (bicyclic) bond motifs is 1. The van der Waals surface area contributed by atoms with E-state index < -0.39 is 51.0 Å². The standard InChI is InChI=1S/C45H37N5O8S3/c1-61(54,55)57-35-28-59-42-37(41(52)50(42)38(35)43(53)56-39(29-17-7-2-8-18-29)30-19-9-3-10-20-30)48-40(51)36(34-27-60-44(46)47-34)49-58-45(31-21-11-4-12-22-31,32-23-13-5-14-24-32)33-25-15-6-16-26-33/h2-27,37,39,42H,28H2,1H3,(H2,46,47)(H,48,51)/b49-36-/t37-,42-/m1/s1. The van der Waals surface area contributed by atoms with Gasteiger partial charge in [-0.3, -0.25) is 14.5 Å². The highest BCUT2D eigenvalue weighted by atomic mass is 32.2. The van der Waals surface area contributed by atoms with Crippen molar-refractivity contribution in [2.24, 2.45) is 5.16 Å². The largest absolute Gasteiger partial charge is 0.448 e. The molecule has 0 saturated carbocycles. The highest BCUT2D eigenvalue weighted by Crippen LogP contribution is 2.43. The third kappa shape index (κ3) is 8.50. The second-order valence-corrected chi connectivity index (χ2v) is 17.5. The highest BCUT2D eigenvalue weighted by Gasteiger charge is 2.56. The van der Waals surface area contributed by atoms with Gasteiger partial charge in [0.05, 0.1) is 12.0 Å². The maximum Gasteiger partial charge on any atom is 0.359 e. The number of thioether (sulfide) groups is 1. The lowest BCUT2D eigenvalue weighted by molar-refractivity contribution is -0.154. The number of rotatable bonds is 14. The molecule has 0 spiro atoms. The summed E-state index contributed by atoms with van der Waals surface area (Å²) in [7, 11) is -4.14. The van der Waals surface area contributed by atoms with Crippen LogP contribution >= 0.6 is 23.1 Å². The van der Waals surface area contributed by atoms with Crippen molar-refractivity contribution in [2.45, 2.75) is 23.1 Å². The number of thiazole rings is 1. The summed E-state index contributed by atoms with van der Waals surface area (Å²) < 4.78 is 36.2. The summed E-state index contributed by atoms with van der Waals surface area (Å²) >= 11 is 2.19. The van der Waals surface area contributed by atoms with Gasteiger partial charge in [0.1, 0.15) is 17.1 Å². The number of oxime groups is 1. The molecule has 308 valence electrons. The monoisotopic (exact) mass is 871 g/mol. The fourth-order valence-electron chi connectivity index (χ4n) is 7.18. The maximum atomic E-state index is 14.4. The Morgan fingerprint density at radius 2 is 1.31 bits per heavy atom. The van der Waals surface area contributed by atoms with Crippen molar-refractivity contribution < 1.29 is 36.6 Å². The molecule has 6 aromatic rings. The van der Waals surface area contributed by atoms with E-state index in [-0.39, 0.29) is 33.7 Å². The predicted molar refractivity (Wildman–Crippen MR) is 232 cm³/mol. The Bertz CT molecular complexity index is 2580. The van der Waals surface area contributed by atoms with Crippen LogP contribution in [-0.4, -0.2) is 65.2 Å². The number of ether oxygens (including phenoxy) is 1. The zero-order chi connectivity index (χ0) is 42.6. The van der Waals surface area contributed by atoms with E-state index in [1.54, 1.807) is 53.9 Å². The Labute approximate surface area is 360 Å². The molecule has 2 aliphatic rings. The van der Waals surface area contributed by atoms with Crippen LogP contribution in [-0.2, 0) is 43.9 Å². The predicted octanol–water partition coefficient (Wildman–Crippen LogP) is 6.36. The van der Waals surface area contributed by atoms with Crippen LogP contribution in [0.1, 0.15) is 39.6 Å². The van der Waals surface area contributed by atoms with Crippen LogP contribution in [0.25, 0.3) is 0 Å². The second kappa shape index (κ2) is 17.5. The molecule has 1 aromatic heterocycles. The average molecular weight is 872 g/mol. The molecule has 0 unspecified atom stereocenters. The van der Waals surface area contributed by atoms with Crippen molar-refractivity contribution in [1.29, 1.82) is 0 Å². The molecule has 2 atom stereocenters. The van der Waals surface area contributed by atoms with Gasteiger partial charge in [0.15, 0.2) is 28.4 Å². The number of benzene rings is 5. The van der Waals surface area contributed by atoms with Crippen LogP contribution in [0.4, 0.5) is 5.13 Å². The van der Waals surface area contributed by atoms with Gasteiger partial charge in [-0.2, -0.15) is 8.42 Å². The Morgan fingerprint density at radius 3 is 1.77 bits per heavy atom. The molecule has 0 radical (unpaired) electrons. The molecular weight excluding hydrogens is 835 g/mol. The number of hydrogen-bond acceptors (Lipinski definition) is 13. The summed E-state index contributed by atoms with van der Waals surface area (Å²) in [5.41, 5.74) is 7.58. The molecule has 5 aromatic carbocycles. The molecule has 13 nitrogen and oxygen atoms in total. The van der Waals surface area contributed by atoms with E-state index in [4.69, 9.17) is 19.5 Å². The van der Waals surface area contributed by atoms with E-state index in [1.807, 2.05) is 103 Å². The molecule has 3 N–H and O–H groups in total. The first-order chi connectivity index (χ1) is 29.5. The lowest BCUT2D eigenvalue weighted by Gasteiger charge is -2.49. The summed E-state index contributed by atoms with van der Waals surface area (Å²) in [6.07, 6.45) is -0.0749. The van der Waals surface area contributed by atoms with Crippen LogP contribution in [0.3, 0.4) is 0 Å². The van der Waals surface area contributed by atoms with E-state index in [2.05, 4.69) is 15.5 Å². The summed E-state index contributed by atoms with van der Waals surface area (Å²) in [5, 5.41) is 8.16. The molecule has 2 amide bonds. The van der Waals surface area contributed by atoms with E-state index in [0.29, 0.717) is 11.1 Å². The van der Waals surface area contributed by atoms with Gasteiger partial charge in [0, 0.05) is 22.1 Å². The van der Waals surface area contributed by atoms with Crippen molar-refractivity contribution >= 4 is 61.8 Å². The van der Waals surface area contributed by atoms with Crippen molar-refractivity contribution in [3.63, 3.8) is 0 Å². The third-order valence-electron chi connectivity index (χ3n) is 9.89. The number of amides is 2. The molecule has 1 fully saturated rings. The maximum absolute atomic E-state index is 14.4. The molecule has 16 heteroatoms. The minimum atomic E-state index is -4.14. The van der Waals surface area contributed by atoms with E-state index in [0.717, 1.165) is 50.9 Å². The Hall–Kier alpha value is -6.75. The van der Waals surface area contributed by atoms with Crippen LogP contribution in [0, 0.1) is 0 Å². The van der Waals surface area contributed by atoms with Crippen molar-refractivity contribution in [1.82, 2.24) is 15.2 Å². The number of nitrogens with two attached hydrogens (primary N) is 1. The van der Waals surface area contributed by atoms with Gasteiger partial charge in [-0.15, -0.1) is 23.1 Å². The quantitative estimate of drug-likeness (QED) is 0.0311. The normalized spacial score (nSPS) is 16.7. The van der Waals surface area contributed by atoms with E-state index >= 15 is 0 Å². The van der Waals surface area contributed by atoms with Crippen molar-refractivity contribution in [3.05, 3.63) is 202 Å². The van der Waals surface area contributed by atoms with Crippen molar-refractivity contribution in [2.75, 3.05) is 17.7 Å². The van der Waals surface area contributed by atoms with Gasteiger partial charge >= 0.3 is 16.1 Å². The van der Waals surface area contributed by atoms with Crippen LogP contribution < -0.4 is 11.1 Å². The number of nitrogens with one attached hydrogen (secondary N) is 1. The number of nitrogens with zero attached hydrogens (tertiary/aromatic N) is 3. The molecule has 0 aliphatic carbocycles. The smallest absolute Gasteiger partial charge is 0.359 e. The minimum Gasteiger partial charge on any atom is -0.448 e. The Morgan fingerprint density at radius 1 is 0.820 bits per heavy atom. The number of carbonyl (C=O) groups is 3. The lowest BCUT2D eigenvalue weighted by atomic mass is 9.80. The average Bonchev–Trinajstić information content (AvgIpc) is 3.72. The number of carbonyl (C=O) groups excluding carboxylic acids is 3. The summed E-state index contributed by atoms with van der Waals surface area (Å²) in [4.78, 5) is 54.9. The van der Waals surface area contributed by atoms with Gasteiger partial charge in [-0.25, -0.2) is 9.78 Å². The fraction of sp³-hybridized carbons (Fsp3) is 0.133. The van der Waals surface area contributed by atoms with Crippen LogP contribution in [0.15, 0.2) is 174 Å². The molecule has 1 saturated heterocycles. The third-order valence-corrected chi connectivity index (χ3v) is 12.3. The summed E-state index contributed by atoms with van der Waals surface area (Å²) in [6.45, 7) is 0. The molecule has 3 heterocycles. The molecule has 8 rings (SSSR count). The minimum absolute atomic E-state index is 0.101. The van der Waals surface area contributed by atoms with Gasteiger partial charge in [-0.1, -0.05) is 157 Å². The number of esters is 1. The Kier molecular flexibility index (Phi) is 11.7. The van der Waals surface area contributed by atoms with E-state index in [9.17, 15) is 22.8 Å². The molecular formula is C45H37N5O8S3. The Balaban J connectivity index is 1.13. The second-order valence-electron chi connectivity index (χ2n) is 13.9. The molecule has 61 heavy (non-hydrogen) atoms. The summed E-state index contributed by atoms with van der Waals surface area (Å²) in [6, 6.07) is 45.1. The first-order valence-corrected chi connectivity index (χ1v) is 22.6. The van der Waals surface area contributed by atoms with Crippen LogP contribution in [0.2, 0.25) is 0 Å². The SMILES string of the molecule is CS(=O)(=O)OC1=C(C(=O)OC(c2ccccc2)c2ccccc2)N2C(=O)[C@@H](NC(=O)/C(=N\OC(c3ccccc3)(c3ccccc3)c3ccccc3)c3csc(N)n3)[C@H]2SC1. The zero-order valence-electron chi connectivity index (χ0n) is 32.4. The van der Waals surface area contributed by atoms with Gasteiger partial charge in [0.25, 0.3) is 11.8 Å². The number of anilines is 1. The van der Waals surface area contributed by atoms with E-state index in [1.165, 1.54) is 0 Å².